The third kappa shape index (κ3) is 8.00. The Kier molecular flexibility index (Phi) is 11.4. The summed E-state index contributed by atoms with van der Waals surface area (Å²) in [6.45, 7) is 12.6. The van der Waals surface area contributed by atoms with Crippen molar-refractivity contribution in [1.82, 2.24) is 19.8 Å². The fraction of sp³-hybridized carbons (Fsp3) is 0.818. The number of halogens is 1. The highest BCUT2D eigenvalue weighted by Crippen LogP contribution is 2.18. The zero-order valence-corrected chi connectivity index (χ0v) is 21.2. The van der Waals surface area contributed by atoms with E-state index in [2.05, 4.69) is 46.7 Å². The van der Waals surface area contributed by atoms with Gasteiger partial charge in [0.05, 0.1) is 18.8 Å². The first-order valence-electron chi connectivity index (χ1n) is 11.4. The summed E-state index contributed by atoms with van der Waals surface area (Å²) in [6.07, 6.45) is 10.2. The Morgan fingerprint density at radius 2 is 2.10 bits per heavy atom. The van der Waals surface area contributed by atoms with Gasteiger partial charge < -0.3 is 24.3 Å². The summed E-state index contributed by atoms with van der Waals surface area (Å²) in [7, 11) is 0. The number of guanidine groups is 1. The minimum atomic E-state index is 0. The van der Waals surface area contributed by atoms with Gasteiger partial charge in [0.1, 0.15) is 12.4 Å². The van der Waals surface area contributed by atoms with Crippen LogP contribution in [0.3, 0.4) is 0 Å². The summed E-state index contributed by atoms with van der Waals surface area (Å²) in [6, 6.07) is 0. The fourth-order valence-corrected chi connectivity index (χ4v) is 4.04. The van der Waals surface area contributed by atoms with Crippen LogP contribution in [0.1, 0.15) is 58.7 Å². The van der Waals surface area contributed by atoms with E-state index in [0.29, 0.717) is 24.7 Å². The van der Waals surface area contributed by atoms with E-state index in [-0.39, 0.29) is 24.0 Å². The van der Waals surface area contributed by atoms with E-state index in [9.17, 15) is 0 Å². The summed E-state index contributed by atoms with van der Waals surface area (Å²) in [5.74, 6) is 2.61. The highest BCUT2D eigenvalue weighted by atomic mass is 127. The minimum absolute atomic E-state index is 0. The molecular weight excluding hydrogens is 493 g/mol. The van der Waals surface area contributed by atoms with Crippen LogP contribution in [0.4, 0.5) is 0 Å². The SMILES string of the molecule is CCNC(=NCc1nccn1CC(C)C)N1CCC(OCC2CCCCO2)CC1.I. The quantitative estimate of drug-likeness (QED) is 0.314. The number of ether oxygens (including phenoxy) is 2. The molecule has 1 unspecified atom stereocenters. The number of rotatable bonds is 8. The smallest absolute Gasteiger partial charge is 0.194 e. The Morgan fingerprint density at radius 3 is 2.77 bits per heavy atom. The lowest BCUT2D eigenvalue weighted by molar-refractivity contribution is -0.0721. The van der Waals surface area contributed by atoms with Crippen LogP contribution in [0.2, 0.25) is 0 Å². The van der Waals surface area contributed by atoms with Gasteiger partial charge in [-0.25, -0.2) is 9.98 Å². The number of nitrogens with one attached hydrogen (secondary N) is 1. The normalized spacial score (nSPS) is 21.0. The largest absolute Gasteiger partial charge is 0.376 e. The summed E-state index contributed by atoms with van der Waals surface area (Å²) < 4.78 is 14.2. The second-order valence-electron chi connectivity index (χ2n) is 8.57. The molecule has 0 bridgehead atoms. The highest BCUT2D eigenvalue weighted by Gasteiger charge is 2.24. The zero-order valence-electron chi connectivity index (χ0n) is 18.9. The molecule has 2 aliphatic rings. The number of nitrogens with zero attached hydrogens (tertiary/aromatic N) is 4. The van der Waals surface area contributed by atoms with Gasteiger partial charge in [-0.15, -0.1) is 24.0 Å². The average molecular weight is 533 g/mol. The standard InChI is InChI=1S/C22H39N5O2.HI/c1-4-23-22(25-15-21-24-10-13-27(21)16-18(2)3)26-11-8-19(9-12-26)29-17-20-7-5-6-14-28-20;/h10,13,18-20H,4-9,11-12,14-17H2,1-3H3,(H,23,25);1H. The van der Waals surface area contributed by atoms with E-state index in [1.165, 1.54) is 12.8 Å². The molecule has 2 aliphatic heterocycles. The zero-order chi connectivity index (χ0) is 20.5. The van der Waals surface area contributed by atoms with Crippen LogP contribution in [0.15, 0.2) is 17.4 Å². The second kappa shape index (κ2) is 13.5. The molecule has 0 aliphatic carbocycles. The first-order chi connectivity index (χ1) is 14.2. The Balaban J connectivity index is 0.00000320. The van der Waals surface area contributed by atoms with E-state index in [4.69, 9.17) is 14.5 Å². The predicted molar refractivity (Wildman–Crippen MR) is 131 cm³/mol. The van der Waals surface area contributed by atoms with Gasteiger partial charge in [-0.1, -0.05) is 13.8 Å². The molecule has 1 N–H and O–H groups in total. The molecule has 1 aromatic heterocycles. The van der Waals surface area contributed by atoms with Crippen LogP contribution in [-0.2, 0) is 22.6 Å². The van der Waals surface area contributed by atoms with Gasteiger partial charge in [0, 0.05) is 45.2 Å². The molecule has 3 rings (SSSR count). The molecule has 30 heavy (non-hydrogen) atoms. The van der Waals surface area contributed by atoms with Gasteiger partial charge in [-0.2, -0.15) is 0 Å². The predicted octanol–water partition coefficient (Wildman–Crippen LogP) is 3.67. The number of hydrogen-bond acceptors (Lipinski definition) is 4. The average Bonchev–Trinajstić information content (AvgIpc) is 3.17. The van der Waals surface area contributed by atoms with Crippen molar-refractivity contribution in [2.24, 2.45) is 10.9 Å². The maximum absolute atomic E-state index is 6.16. The lowest BCUT2D eigenvalue weighted by atomic mass is 10.1. The van der Waals surface area contributed by atoms with Crippen molar-refractivity contribution >= 4 is 29.9 Å². The highest BCUT2D eigenvalue weighted by molar-refractivity contribution is 14.0. The third-order valence-electron chi connectivity index (χ3n) is 5.60. The maximum Gasteiger partial charge on any atom is 0.194 e. The van der Waals surface area contributed by atoms with Gasteiger partial charge in [0.25, 0.3) is 0 Å². The molecule has 172 valence electrons. The van der Waals surface area contributed by atoms with Gasteiger partial charge >= 0.3 is 0 Å². The van der Waals surface area contributed by atoms with Crippen molar-refractivity contribution in [3.05, 3.63) is 18.2 Å². The molecule has 2 fully saturated rings. The number of piperidine rings is 1. The molecule has 0 amide bonds. The van der Waals surface area contributed by atoms with Crippen molar-refractivity contribution in [2.45, 2.75) is 78.2 Å². The Bertz CT molecular complexity index is 623. The van der Waals surface area contributed by atoms with E-state index in [1.807, 2.05) is 6.20 Å². The molecular formula is C22H40IN5O2. The van der Waals surface area contributed by atoms with Crippen molar-refractivity contribution < 1.29 is 9.47 Å². The molecule has 1 atom stereocenters. The van der Waals surface area contributed by atoms with Gasteiger partial charge in [0.2, 0.25) is 0 Å². The van der Waals surface area contributed by atoms with Crippen molar-refractivity contribution in [2.75, 3.05) is 32.8 Å². The molecule has 0 saturated carbocycles. The van der Waals surface area contributed by atoms with Crippen LogP contribution >= 0.6 is 24.0 Å². The number of imidazole rings is 1. The molecule has 0 spiro atoms. The first-order valence-corrected chi connectivity index (χ1v) is 11.4. The summed E-state index contributed by atoms with van der Waals surface area (Å²) in [5.41, 5.74) is 0. The van der Waals surface area contributed by atoms with Crippen LogP contribution in [-0.4, -0.2) is 65.5 Å². The Morgan fingerprint density at radius 1 is 1.30 bits per heavy atom. The van der Waals surface area contributed by atoms with Gasteiger partial charge in [-0.3, -0.25) is 0 Å². The molecule has 3 heterocycles. The van der Waals surface area contributed by atoms with Crippen molar-refractivity contribution in [1.29, 1.82) is 0 Å². The minimum Gasteiger partial charge on any atom is -0.376 e. The van der Waals surface area contributed by atoms with Gasteiger partial charge in [-0.05, 0) is 44.9 Å². The maximum atomic E-state index is 6.16. The number of hydrogen-bond donors (Lipinski definition) is 1. The van der Waals surface area contributed by atoms with E-state index in [1.54, 1.807) is 0 Å². The van der Waals surface area contributed by atoms with E-state index < -0.39 is 0 Å². The Labute approximate surface area is 199 Å². The Hall–Kier alpha value is -0.870. The molecule has 2 saturated heterocycles. The van der Waals surface area contributed by atoms with Crippen LogP contribution < -0.4 is 5.32 Å². The molecule has 8 heteroatoms. The monoisotopic (exact) mass is 533 g/mol. The number of likely N-dealkylation sites (tertiary alicyclic amines) is 1. The topological polar surface area (TPSA) is 63.9 Å². The van der Waals surface area contributed by atoms with Crippen LogP contribution in [0.5, 0.6) is 0 Å². The van der Waals surface area contributed by atoms with E-state index in [0.717, 1.165) is 70.4 Å². The summed E-state index contributed by atoms with van der Waals surface area (Å²) in [5, 5.41) is 3.45. The molecule has 0 radical (unpaired) electrons. The second-order valence-corrected chi connectivity index (χ2v) is 8.57. The number of aromatic nitrogens is 2. The van der Waals surface area contributed by atoms with Crippen LogP contribution in [0, 0.1) is 5.92 Å². The molecule has 1 aromatic rings. The molecule has 0 aromatic carbocycles. The van der Waals surface area contributed by atoms with Gasteiger partial charge in [0.15, 0.2) is 5.96 Å². The van der Waals surface area contributed by atoms with E-state index >= 15 is 0 Å². The number of aliphatic imine (C=N–C) groups is 1. The first kappa shape index (κ1) is 25.4. The lowest BCUT2D eigenvalue weighted by Gasteiger charge is -2.35. The third-order valence-corrected chi connectivity index (χ3v) is 5.60. The molecule has 7 nitrogen and oxygen atoms in total. The van der Waals surface area contributed by atoms with Crippen molar-refractivity contribution in [3.8, 4) is 0 Å². The summed E-state index contributed by atoms with van der Waals surface area (Å²) >= 11 is 0. The lowest BCUT2D eigenvalue weighted by Crippen LogP contribution is -2.47. The van der Waals surface area contributed by atoms with Crippen LogP contribution in [0.25, 0.3) is 0 Å². The fourth-order valence-electron chi connectivity index (χ4n) is 4.04. The summed E-state index contributed by atoms with van der Waals surface area (Å²) in [4.78, 5) is 11.7. The van der Waals surface area contributed by atoms with Crippen molar-refractivity contribution in [3.63, 3.8) is 0 Å².